The molecule has 1 aliphatic rings. The Hall–Kier alpha value is -3.23. The lowest BCUT2D eigenvalue weighted by molar-refractivity contribution is -0.141. The molecule has 1 aromatic heterocycles. The number of ether oxygens (including phenoxy) is 3. The topological polar surface area (TPSA) is 88.6 Å². The highest BCUT2D eigenvalue weighted by Gasteiger charge is 2.33. The van der Waals surface area contributed by atoms with Crippen LogP contribution < -0.4 is 10.5 Å². The molecule has 0 bridgehead atoms. The van der Waals surface area contributed by atoms with Crippen molar-refractivity contribution in [1.29, 1.82) is 0 Å². The Kier molecular flexibility index (Phi) is 5.27. The van der Waals surface area contributed by atoms with Crippen molar-refractivity contribution < 1.29 is 23.4 Å². The second-order valence-corrected chi connectivity index (χ2v) is 7.45. The molecule has 0 amide bonds. The Labute approximate surface area is 173 Å². The number of aromatic nitrogens is 2. The van der Waals surface area contributed by atoms with E-state index in [4.69, 9.17) is 19.9 Å². The van der Waals surface area contributed by atoms with Crippen molar-refractivity contribution in [3.63, 3.8) is 0 Å². The van der Waals surface area contributed by atoms with Crippen LogP contribution in [-0.2, 0) is 9.47 Å². The van der Waals surface area contributed by atoms with Crippen LogP contribution in [-0.4, -0.2) is 40.7 Å². The van der Waals surface area contributed by atoms with Crippen LogP contribution in [0.15, 0.2) is 54.7 Å². The molecule has 0 aliphatic carbocycles. The monoisotopic (exact) mass is 411 g/mol. The zero-order valence-corrected chi connectivity index (χ0v) is 16.7. The number of benzene rings is 2. The zero-order chi connectivity index (χ0) is 21.3. The Bertz CT molecular complexity index is 1060. The zero-order valence-electron chi connectivity index (χ0n) is 16.7. The van der Waals surface area contributed by atoms with E-state index in [0.29, 0.717) is 30.2 Å². The van der Waals surface area contributed by atoms with E-state index in [9.17, 15) is 9.18 Å². The van der Waals surface area contributed by atoms with Crippen molar-refractivity contribution in [2.24, 2.45) is 0 Å². The average Bonchev–Trinajstić information content (AvgIpc) is 3.28. The summed E-state index contributed by atoms with van der Waals surface area (Å²) in [6.07, 6.45) is 1.23. The molecule has 1 atom stereocenters. The number of nitrogens with two attached hydrogens (primary N) is 1. The van der Waals surface area contributed by atoms with Gasteiger partial charge >= 0.3 is 0 Å². The van der Waals surface area contributed by atoms with Gasteiger partial charge in [0.05, 0.1) is 24.1 Å². The normalized spacial score (nSPS) is 17.8. The van der Waals surface area contributed by atoms with Crippen LogP contribution in [0.3, 0.4) is 0 Å². The molecule has 156 valence electrons. The molecule has 1 fully saturated rings. The quantitative estimate of drug-likeness (QED) is 0.626. The predicted octanol–water partition coefficient (Wildman–Crippen LogP) is 3.35. The highest BCUT2D eigenvalue weighted by molar-refractivity contribution is 6.11. The van der Waals surface area contributed by atoms with Gasteiger partial charge in [0.2, 0.25) is 0 Å². The number of hydrogen-bond donors (Lipinski definition) is 1. The molecule has 1 aliphatic heterocycles. The first-order valence-electron chi connectivity index (χ1n) is 9.51. The van der Waals surface area contributed by atoms with Crippen LogP contribution in [0.4, 0.5) is 10.2 Å². The van der Waals surface area contributed by atoms with Gasteiger partial charge in [-0.15, -0.1) is 0 Å². The molecule has 0 radical (unpaired) electrons. The maximum Gasteiger partial charge on any atom is 0.198 e. The number of ketones is 1. The minimum absolute atomic E-state index is 0.177. The molecular weight excluding hydrogens is 389 g/mol. The van der Waals surface area contributed by atoms with E-state index in [-0.39, 0.29) is 29.1 Å². The van der Waals surface area contributed by atoms with Crippen LogP contribution >= 0.6 is 0 Å². The van der Waals surface area contributed by atoms with Crippen LogP contribution in [0.25, 0.3) is 5.69 Å². The summed E-state index contributed by atoms with van der Waals surface area (Å²) in [5, 5.41) is 4.17. The van der Waals surface area contributed by atoms with E-state index in [0.717, 1.165) is 0 Å². The summed E-state index contributed by atoms with van der Waals surface area (Å²) in [7, 11) is 0. The van der Waals surface area contributed by atoms with Crippen LogP contribution in [0.5, 0.6) is 5.75 Å². The Morgan fingerprint density at radius 2 is 2.07 bits per heavy atom. The van der Waals surface area contributed by atoms with E-state index in [1.165, 1.54) is 35.1 Å². The minimum atomic E-state index is -0.617. The van der Waals surface area contributed by atoms with Gasteiger partial charge in [-0.2, -0.15) is 5.10 Å². The Morgan fingerprint density at radius 3 is 2.77 bits per heavy atom. The summed E-state index contributed by atoms with van der Waals surface area (Å²) in [6.45, 7) is 4.46. The van der Waals surface area contributed by atoms with Gasteiger partial charge in [0.1, 0.15) is 30.1 Å². The van der Waals surface area contributed by atoms with Gasteiger partial charge < -0.3 is 19.9 Å². The summed E-state index contributed by atoms with van der Waals surface area (Å²) in [5.74, 6) is -0.549. The molecular formula is C22H22FN3O4. The fourth-order valence-corrected chi connectivity index (χ4v) is 3.24. The molecule has 2 heterocycles. The van der Waals surface area contributed by atoms with Gasteiger partial charge in [-0.05, 0) is 50.2 Å². The molecule has 8 heteroatoms. The lowest BCUT2D eigenvalue weighted by atomic mass is 10.1. The van der Waals surface area contributed by atoms with E-state index >= 15 is 0 Å². The van der Waals surface area contributed by atoms with Crippen molar-refractivity contribution in [3.05, 3.63) is 71.7 Å². The molecule has 4 rings (SSSR count). The maximum absolute atomic E-state index is 13.2. The first-order valence-corrected chi connectivity index (χ1v) is 9.51. The lowest BCUT2D eigenvalue weighted by Gasteiger charge is -2.17. The molecule has 0 spiro atoms. The van der Waals surface area contributed by atoms with Crippen molar-refractivity contribution in [2.75, 3.05) is 18.9 Å². The van der Waals surface area contributed by atoms with Gasteiger partial charge in [0.25, 0.3) is 0 Å². The number of anilines is 1. The van der Waals surface area contributed by atoms with Gasteiger partial charge in [-0.1, -0.05) is 12.1 Å². The van der Waals surface area contributed by atoms with Crippen LogP contribution in [0, 0.1) is 5.82 Å². The van der Waals surface area contributed by atoms with Crippen LogP contribution in [0.2, 0.25) is 0 Å². The second kappa shape index (κ2) is 7.89. The van der Waals surface area contributed by atoms with E-state index in [1.807, 2.05) is 13.8 Å². The second-order valence-electron chi connectivity index (χ2n) is 7.45. The molecule has 0 saturated carbocycles. The molecule has 30 heavy (non-hydrogen) atoms. The van der Waals surface area contributed by atoms with Crippen LogP contribution in [0.1, 0.15) is 29.8 Å². The fourth-order valence-electron chi connectivity index (χ4n) is 3.24. The smallest absolute Gasteiger partial charge is 0.198 e. The highest BCUT2D eigenvalue weighted by atomic mass is 19.1. The highest BCUT2D eigenvalue weighted by Crippen LogP contribution is 2.25. The Morgan fingerprint density at radius 1 is 1.30 bits per heavy atom. The molecule has 7 nitrogen and oxygen atoms in total. The number of carbonyl (C=O) groups excluding carboxylic acids is 1. The van der Waals surface area contributed by atoms with Crippen molar-refractivity contribution in [3.8, 4) is 11.4 Å². The minimum Gasteiger partial charge on any atom is -0.491 e. The van der Waals surface area contributed by atoms with Crippen molar-refractivity contribution >= 4 is 11.6 Å². The van der Waals surface area contributed by atoms with E-state index < -0.39 is 5.79 Å². The predicted molar refractivity (Wildman–Crippen MR) is 108 cm³/mol. The number of carbonyl (C=O) groups is 1. The number of nitrogen functional groups attached to an aromatic ring is 1. The summed E-state index contributed by atoms with van der Waals surface area (Å²) >= 11 is 0. The summed E-state index contributed by atoms with van der Waals surface area (Å²) in [6, 6.07) is 12.5. The van der Waals surface area contributed by atoms with Gasteiger partial charge in [0.15, 0.2) is 11.6 Å². The molecule has 2 N–H and O–H groups in total. The molecule has 3 aromatic rings. The van der Waals surface area contributed by atoms with Gasteiger partial charge in [-0.25, -0.2) is 9.07 Å². The third-order valence-corrected chi connectivity index (χ3v) is 4.72. The van der Waals surface area contributed by atoms with Gasteiger partial charge in [-0.3, -0.25) is 4.79 Å². The maximum atomic E-state index is 13.2. The first-order chi connectivity index (χ1) is 14.3. The van der Waals surface area contributed by atoms with Gasteiger partial charge in [0, 0.05) is 5.56 Å². The molecule has 1 saturated heterocycles. The molecule has 2 aromatic carbocycles. The number of halogens is 1. The number of nitrogens with zero attached hydrogens (tertiary/aromatic N) is 2. The third-order valence-electron chi connectivity index (χ3n) is 4.72. The number of hydrogen-bond acceptors (Lipinski definition) is 6. The third kappa shape index (κ3) is 4.19. The summed E-state index contributed by atoms with van der Waals surface area (Å²) in [4.78, 5) is 13.0. The first kappa shape index (κ1) is 20.1. The Balaban J connectivity index is 1.49. The summed E-state index contributed by atoms with van der Waals surface area (Å²) < 4.78 is 31.6. The number of rotatable bonds is 6. The van der Waals surface area contributed by atoms with Crippen molar-refractivity contribution in [2.45, 2.75) is 25.7 Å². The largest absolute Gasteiger partial charge is 0.491 e. The standard InChI is InChI=1S/C22H22FN3O4/c1-22(2)29-13-18(30-22)12-28-17-5-3-4-14(10-17)20(27)19-11-25-26(21(19)24)16-8-6-15(23)7-9-16/h3-11,18H,12-13,24H2,1-2H3/t18-/m1/s1. The fraction of sp³-hybridized carbons (Fsp3) is 0.273. The van der Waals surface area contributed by atoms with Crippen molar-refractivity contribution in [1.82, 2.24) is 9.78 Å². The molecule has 0 unspecified atom stereocenters. The van der Waals surface area contributed by atoms with E-state index in [1.54, 1.807) is 24.3 Å². The van der Waals surface area contributed by atoms with E-state index in [2.05, 4.69) is 5.10 Å². The average molecular weight is 411 g/mol. The lowest BCUT2D eigenvalue weighted by Crippen LogP contribution is -2.25. The SMILES string of the molecule is CC1(C)OC[C@@H](COc2cccc(C(=O)c3cnn(-c4ccc(F)cc4)c3N)c2)O1. The summed E-state index contributed by atoms with van der Waals surface area (Å²) in [5.41, 5.74) is 7.38.